The van der Waals surface area contributed by atoms with Crippen molar-refractivity contribution in [2.45, 2.75) is 32.4 Å². The Kier molecular flexibility index (Phi) is 6.40. The third-order valence-electron chi connectivity index (χ3n) is 4.85. The Bertz CT molecular complexity index is 789. The third kappa shape index (κ3) is 4.14. The van der Waals surface area contributed by atoms with E-state index in [1.54, 1.807) is 11.3 Å². The van der Waals surface area contributed by atoms with Gasteiger partial charge in [-0.2, -0.15) is 0 Å². The number of nitrogens with zero attached hydrogens (tertiary/aromatic N) is 5. The summed E-state index contributed by atoms with van der Waals surface area (Å²) in [7, 11) is 0. The number of hydrogen-bond acceptors (Lipinski definition) is 5. The van der Waals surface area contributed by atoms with E-state index in [2.05, 4.69) is 69.1 Å². The van der Waals surface area contributed by atoms with Crippen LogP contribution in [0.5, 0.6) is 0 Å². The van der Waals surface area contributed by atoms with Gasteiger partial charge >= 0.3 is 0 Å². The van der Waals surface area contributed by atoms with E-state index in [0.29, 0.717) is 6.54 Å². The summed E-state index contributed by atoms with van der Waals surface area (Å²) in [5.74, 6) is 1.66. The molecule has 0 bridgehead atoms. The molecule has 1 aromatic carbocycles. The van der Waals surface area contributed by atoms with Gasteiger partial charge in [0.2, 0.25) is 0 Å². The highest BCUT2D eigenvalue weighted by Gasteiger charge is 2.31. The molecular weight excluding hydrogens is 366 g/mol. The summed E-state index contributed by atoms with van der Waals surface area (Å²) >= 11 is 1.79. The number of hydrogen-bond donors (Lipinski definition) is 0. The molecule has 2 aromatic heterocycles. The van der Waals surface area contributed by atoms with Crippen LogP contribution in [0.2, 0.25) is 0 Å². The third-order valence-corrected chi connectivity index (χ3v) is 5.77. The van der Waals surface area contributed by atoms with Gasteiger partial charge in [0.05, 0.1) is 6.54 Å². The number of likely N-dealkylation sites (tertiary alicyclic amines) is 1. The largest absolute Gasteiger partial charge is 0.289 e. The number of halogens is 1. The van der Waals surface area contributed by atoms with Crippen molar-refractivity contribution in [2.24, 2.45) is 5.92 Å². The molecule has 0 radical (unpaired) electrons. The van der Waals surface area contributed by atoms with Crippen LogP contribution in [0.25, 0.3) is 0 Å². The molecule has 0 saturated carbocycles. The Morgan fingerprint density at radius 1 is 1.19 bits per heavy atom. The van der Waals surface area contributed by atoms with Crippen LogP contribution in [-0.2, 0) is 6.54 Å². The minimum atomic E-state index is 0. The molecule has 2 unspecified atom stereocenters. The zero-order valence-corrected chi connectivity index (χ0v) is 16.5. The number of benzene rings is 1. The average molecular weight is 390 g/mol. The van der Waals surface area contributed by atoms with Gasteiger partial charge in [0.15, 0.2) is 5.82 Å². The number of tetrazole rings is 1. The average Bonchev–Trinajstić information content (AvgIpc) is 3.30. The van der Waals surface area contributed by atoms with Gasteiger partial charge in [-0.15, -0.1) is 28.8 Å². The first-order valence-corrected chi connectivity index (χ1v) is 9.76. The van der Waals surface area contributed by atoms with Crippen LogP contribution >= 0.6 is 23.7 Å². The van der Waals surface area contributed by atoms with Gasteiger partial charge in [-0.1, -0.05) is 43.3 Å². The van der Waals surface area contributed by atoms with E-state index in [9.17, 15) is 0 Å². The van der Waals surface area contributed by atoms with Gasteiger partial charge in [0.25, 0.3) is 0 Å². The maximum atomic E-state index is 4.44. The zero-order valence-electron chi connectivity index (χ0n) is 14.9. The summed E-state index contributed by atoms with van der Waals surface area (Å²) in [4.78, 5) is 3.87. The SMILES string of the molecule is CC1CCCN(C(c2cccs2)c2nnnn2Cc2ccccc2)C1.Cl. The Morgan fingerprint density at radius 3 is 2.77 bits per heavy atom. The molecule has 1 saturated heterocycles. The first-order chi connectivity index (χ1) is 12.3. The second-order valence-electron chi connectivity index (χ2n) is 6.84. The standard InChI is InChI=1S/C19H23N5S.ClH/c1-15-7-5-11-23(13-15)18(17-10-6-12-25-17)19-20-21-22-24(19)14-16-8-3-2-4-9-16;/h2-4,6,8-10,12,15,18H,5,7,11,13-14H2,1H3;1H. The number of piperidine rings is 1. The highest BCUT2D eigenvalue weighted by molar-refractivity contribution is 7.10. The Labute approximate surface area is 164 Å². The summed E-state index contributed by atoms with van der Waals surface area (Å²) in [6, 6.07) is 14.9. The molecule has 3 heterocycles. The molecule has 0 spiro atoms. The smallest absolute Gasteiger partial charge is 0.174 e. The lowest BCUT2D eigenvalue weighted by atomic mass is 9.98. The van der Waals surface area contributed by atoms with Crippen molar-refractivity contribution >= 4 is 23.7 Å². The van der Waals surface area contributed by atoms with Gasteiger partial charge in [-0.3, -0.25) is 4.90 Å². The summed E-state index contributed by atoms with van der Waals surface area (Å²) in [6.45, 7) is 5.24. The van der Waals surface area contributed by atoms with Gasteiger partial charge in [-0.25, -0.2) is 4.68 Å². The second-order valence-corrected chi connectivity index (χ2v) is 7.82. The molecule has 138 valence electrons. The topological polar surface area (TPSA) is 46.8 Å². The lowest BCUT2D eigenvalue weighted by Gasteiger charge is -2.36. The molecule has 0 aliphatic carbocycles. The summed E-state index contributed by atoms with van der Waals surface area (Å²) in [5.41, 5.74) is 1.22. The second kappa shape index (κ2) is 8.75. The summed E-state index contributed by atoms with van der Waals surface area (Å²) in [6.07, 6.45) is 2.55. The quantitative estimate of drug-likeness (QED) is 0.661. The summed E-state index contributed by atoms with van der Waals surface area (Å²) in [5, 5.41) is 14.9. The van der Waals surface area contributed by atoms with Crippen molar-refractivity contribution in [3.63, 3.8) is 0 Å². The maximum Gasteiger partial charge on any atom is 0.174 e. The maximum absolute atomic E-state index is 4.44. The van der Waals surface area contributed by atoms with Gasteiger partial charge in [-0.05, 0) is 52.7 Å². The van der Waals surface area contributed by atoms with Crippen molar-refractivity contribution in [1.82, 2.24) is 25.1 Å². The first-order valence-electron chi connectivity index (χ1n) is 8.88. The van der Waals surface area contributed by atoms with E-state index in [0.717, 1.165) is 24.8 Å². The number of thiophene rings is 1. The molecule has 2 atom stereocenters. The molecule has 0 amide bonds. The van der Waals surface area contributed by atoms with Crippen molar-refractivity contribution in [3.05, 3.63) is 64.1 Å². The lowest BCUT2D eigenvalue weighted by Crippen LogP contribution is -2.38. The summed E-state index contributed by atoms with van der Waals surface area (Å²) < 4.78 is 1.96. The highest BCUT2D eigenvalue weighted by atomic mass is 35.5. The van der Waals surface area contributed by atoms with Crippen molar-refractivity contribution in [1.29, 1.82) is 0 Å². The van der Waals surface area contributed by atoms with Crippen LogP contribution in [0.4, 0.5) is 0 Å². The van der Waals surface area contributed by atoms with Crippen LogP contribution in [0.1, 0.15) is 42.1 Å². The van der Waals surface area contributed by atoms with Crippen molar-refractivity contribution < 1.29 is 0 Å². The first kappa shape index (κ1) is 19.0. The van der Waals surface area contributed by atoms with E-state index in [1.807, 2.05) is 10.7 Å². The van der Waals surface area contributed by atoms with E-state index in [4.69, 9.17) is 0 Å². The Morgan fingerprint density at radius 2 is 2.04 bits per heavy atom. The Hall–Kier alpha value is -1.76. The minimum Gasteiger partial charge on any atom is -0.289 e. The fourth-order valence-corrected chi connectivity index (χ4v) is 4.51. The number of rotatable bonds is 5. The fraction of sp³-hybridized carbons (Fsp3) is 0.421. The molecule has 1 fully saturated rings. The molecule has 1 aliphatic heterocycles. The fourth-order valence-electron chi connectivity index (χ4n) is 3.65. The molecule has 5 nitrogen and oxygen atoms in total. The minimum absolute atomic E-state index is 0. The van der Waals surface area contributed by atoms with Crippen LogP contribution < -0.4 is 0 Å². The van der Waals surface area contributed by atoms with Crippen LogP contribution in [0.3, 0.4) is 0 Å². The predicted molar refractivity (Wildman–Crippen MR) is 107 cm³/mol. The highest BCUT2D eigenvalue weighted by Crippen LogP contribution is 2.33. The molecule has 7 heteroatoms. The molecule has 3 aromatic rings. The molecule has 0 N–H and O–H groups in total. The Balaban J connectivity index is 0.00000196. The van der Waals surface area contributed by atoms with Crippen molar-refractivity contribution in [2.75, 3.05) is 13.1 Å². The van der Waals surface area contributed by atoms with E-state index in [-0.39, 0.29) is 18.4 Å². The number of aromatic nitrogens is 4. The van der Waals surface area contributed by atoms with Gasteiger partial charge < -0.3 is 0 Å². The van der Waals surface area contributed by atoms with Gasteiger partial charge in [0.1, 0.15) is 6.04 Å². The van der Waals surface area contributed by atoms with E-state index < -0.39 is 0 Å². The monoisotopic (exact) mass is 389 g/mol. The van der Waals surface area contributed by atoms with Crippen LogP contribution in [-0.4, -0.2) is 38.2 Å². The lowest BCUT2D eigenvalue weighted by molar-refractivity contribution is 0.144. The molecular formula is C19H24ClN5S. The zero-order chi connectivity index (χ0) is 17.1. The van der Waals surface area contributed by atoms with Gasteiger partial charge in [0, 0.05) is 11.4 Å². The van der Waals surface area contributed by atoms with E-state index in [1.165, 1.54) is 23.3 Å². The molecule has 4 rings (SSSR count). The molecule has 26 heavy (non-hydrogen) atoms. The van der Waals surface area contributed by atoms with Crippen LogP contribution in [0.15, 0.2) is 47.8 Å². The molecule has 1 aliphatic rings. The van der Waals surface area contributed by atoms with E-state index >= 15 is 0 Å². The normalized spacial score (nSPS) is 19.0. The van der Waals surface area contributed by atoms with Crippen LogP contribution in [0, 0.1) is 5.92 Å². The predicted octanol–water partition coefficient (Wildman–Crippen LogP) is 4.03. The van der Waals surface area contributed by atoms with Crippen molar-refractivity contribution in [3.8, 4) is 0 Å².